The maximum atomic E-state index is 12.8. The number of para-hydroxylation sites is 1. The van der Waals surface area contributed by atoms with Gasteiger partial charge in [0, 0.05) is 36.3 Å². The standard InChI is InChI=1S/C25H26ClN3O3/c1-31-14-13-29-12-11-18-21(29)9-4-10-22(18)32-15-23(30)27-20-8-3-6-17-16-5-2-7-19(26)24(16)28-25(17)20/h2,4-5,7,9-12,20,28H,3,6,8,13-15H2,1H3,(H,27,30)/t20-/m1/s1. The summed E-state index contributed by atoms with van der Waals surface area (Å²) in [5, 5.41) is 5.98. The SMILES string of the molecule is COCCn1ccc2c(OCC(=O)N[C@@H]3CCCc4c3[nH]c3c(Cl)cccc43)cccc21. The molecule has 1 atom stereocenters. The zero-order chi connectivity index (χ0) is 22.1. The summed E-state index contributed by atoms with van der Waals surface area (Å²) in [5.74, 6) is 0.568. The van der Waals surface area contributed by atoms with Crippen molar-refractivity contribution in [2.75, 3.05) is 20.3 Å². The number of nitrogens with zero attached hydrogens (tertiary/aromatic N) is 1. The second-order valence-corrected chi connectivity index (χ2v) is 8.58. The minimum Gasteiger partial charge on any atom is -0.483 e. The van der Waals surface area contributed by atoms with Crippen LogP contribution in [0, 0.1) is 0 Å². The number of halogens is 1. The first-order chi connectivity index (χ1) is 15.7. The molecular weight excluding hydrogens is 426 g/mol. The van der Waals surface area contributed by atoms with E-state index in [2.05, 4.69) is 20.9 Å². The third-order valence-electron chi connectivity index (χ3n) is 6.20. The number of methoxy groups -OCH3 is 1. The van der Waals surface area contributed by atoms with Crippen molar-refractivity contribution in [1.82, 2.24) is 14.9 Å². The van der Waals surface area contributed by atoms with E-state index in [4.69, 9.17) is 21.1 Å². The van der Waals surface area contributed by atoms with E-state index in [0.717, 1.165) is 53.3 Å². The van der Waals surface area contributed by atoms with E-state index < -0.39 is 0 Å². The van der Waals surface area contributed by atoms with E-state index in [0.29, 0.717) is 17.4 Å². The van der Waals surface area contributed by atoms with Crippen molar-refractivity contribution >= 4 is 39.3 Å². The van der Waals surface area contributed by atoms with Crippen LogP contribution in [0.3, 0.4) is 0 Å². The number of hydrogen-bond acceptors (Lipinski definition) is 3. The minimum atomic E-state index is -0.136. The number of carbonyl (C=O) groups excluding carboxylic acids is 1. The van der Waals surface area contributed by atoms with Crippen molar-refractivity contribution in [3.63, 3.8) is 0 Å². The number of fused-ring (bicyclic) bond motifs is 4. The molecule has 0 spiro atoms. The molecule has 1 aliphatic carbocycles. The van der Waals surface area contributed by atoms with E-state index in [1.165, 1.54) is 5.56 Å². The molecule has 1 aliphatic rings. The lowest BCUT2D eigenvalue weighted by Crippen LogP contribution is -2.34. The van der Waals surface area contributed by atoms with Crippen molar-refractivity contribution in [3.05, 3.63) is 64.9 Å². The Kier molecular flexibility index (Phi) is 5.81. The highest BCUT2D eigenvalue weighted by molar-refractivity contribution is 6.35. The van der Waals surface area contributed by atoms with Gasteiger partial charge in [-0.2, -0.15) is 0 Å². The van der Waals surface area contributed by atoms with Crippen LogP contribution >= 0.6 is 11.6 Å². The van der Waals surface area contributed by atoms with E-state index in [1.807, 2.05) is 42.6 Å². The third-order valence-corrected chi connectivity index (χ3v) is 6.51. The van der Waals surface area contributed by atoms with Crippen molar-refractivity contribution in [2.45, 2.75) is 31.8 Å². The number of hydrogen-bond donors (Lipinski definition) is 2. The van der Waals surface area contributed by atoms with Gasteiger partial charge >= 0.3 is 0 Å². The van der Waals surface area contributed by atoms with Gasteiger partial charge in [-0.1, -0.05) is 29.8 Å². The number of amides is 1. The van der Waals surface area contributed by atoms with Gasteiger partial charge in [-0.05, 0) is 49.1 Å². The topological polar surface area (TPSA) is 68.3 Å². The van der Waals surface area contributed by atoms with Crippen LogP contribution in [-0.4, -0.2) is 35.8 Å². The number of carbonyl (C=O) groups is 1. The number of aromatic amines is 1. The number of ether oxygens (including phenoxy) is 2. The van der Waals surface area contributed by atoms with Crippen LogP contribution in [0.4, 0.5) is 0 Å². The summed E-state index contributed by atoms with van der Waals surface area (Å²) in [5.41, 5.74) is 4.32. The molecule has 2 N–H and O–H groups in total. The first kappa shape index (κ1) is 20.9. The highest BCUT2D eigenvalue weighted by Crippen LogP contribution is 2.37. The summed E-state index contributed by atoms with van der Waals surface area (Å²) in [6.45, 7) is 1.37. The van der Waals surface area contributed by atoms with Gasteiger partial charge in [0.05, 0.1) is 28.7 Å². The molecule has 2 aromatic carbocycles. The summed E-state index contributed by atoms with van der Waals surface area (Å²) < 4.78 is 13.2. The van der Waals surface area contributed by atoms with E-state index in [-0.39, 0.29) is 18.6 Å². The van der Waals surface area contributed by atoms with Crippen LogP contribution < -0.4 is 10.1 Å². The average Bonchev–Trinajstić information content (AvgIpc) is 3.40. The molecule has 1 amide bonds. The molecule has 2 heterocycles. The lowest BCUT2D eigenvalue weighted by molar-refractivity contribution is -0.123. The van der Waals surface area contributed by atoms with Crippen LogP contribution in [0.1, 0.15) is 30.1 Å². The molecule has 0 radical (unpaired) electrons. The summed E-state index contributed by atoms with van der Waals surface area (Å²) in [4.78, 5) is 16.2. The van der Waals surface area contributed by atoms with Crippen molar-refractivity contribution < 1.29 is 14.3 Å². The zero-order valence-corrected chi connectivity index (χ0v) is 18.7. The third kappa shape index (κ3) is 3.85. The molecule has 2 aromatic heterocycles. The van der Waals surface area contributed by atoms with Crippen LogP contribution in [0.25, 0.3) is 21.8 Å². The monoisotopic (exact) mass is 451 g/mol. The highest BCUT2D eigenvalue weighted by atomic mass is 35.5. The first-order valence-electron chi connectivity index (χ1n) is 10.9. The predicted octanol–water partition coefficient (Wildman–Crippen LogP) is 5.00. The molecular formula is C25H26ClN3O3. The zero-order valence-electron chi connectivity index (χ0n) is 18.0. The molecule has 0 aliphatic heterocycles. The Hall–Kier alpha value is -2.96. The number of rotatable bonds is 7. The summed E-state index contributed by atoms with van der Waals surface area (Å²) >= 11 is 6.38. The van der Waals surface area contributed by atoms with E-state index in [9.17, 15) is 4.79 Å². The maximum absolute atomic E-state index is 12.8. The van der Waals surface area contributed by atoms with Crippen molar-refractivity contribution in [3.8, 4) is 5.75 Å². The fourth-order valence-corrected chi connectivity index (χ4v) is 4.90. The lowest BCUT2D eigenvalue weighted by atomic mass is 9.91. The minimum absolute atomic E-state index is 0.0326. The fourth-order valence-electron chi connectivity index (χ4n) is 4.68. The average molecular weight is 452 g/mol. The first-order valence-corrected chi connectivity index (χ1v) is 11.3. The van der Waals surface area contributed by atoms with Crippen LogP contribution in [-0.2, 0) is 22.5 Å². The number of H-pyrrole nitrogens is 1. The van der Waals surface area contributed by atoms with Gasteiger partial charge in [0.2, 0.25) is 0 Å². The predicted molar refractivity (Wildman–Crippen MR) is 126 cm³/mol. The molecule has 0 unspecified atom stereocenters. The van der Waals surface area contributed by atoms with Gasteiger partial charge in [0.15, 0.2) is 6.61 Å². The Morgan fingerprint density at radius 2 is 2.09 bits per heavy atom. The number of aryl methyl sites for hydroxylation is 1. The molecule has 0 saturated heterocycles. The van der Waals surface area contributed by atoms with Gasteiger partial charge in [0.25, 0.3) is 5.91 Å². The Bertz CT molecular complexity index is 1280. The maximum Gasteiger partial charge on any atom is 0.258 e. The molecule has 0 bridgehead atoms. The summed E-state index contributed by atoms with van der Waals surface area (Å²) in [6, 6.07) is 13.8. The second kappa shape index (κ2) is 8.88. The second-order valence-electron chi connectivity index (χ2n) is 8.17. The Morgan fingerprint density at radius 3 is 2.97 bits per heavy atom. The van der Waals surface area contributed by atoms with Crippen molar-refractivity contribution in [1.29, 1.82) is 0 Å². The number of benzene rings is 2. The molecule has 0 saturated carbocycles. The molecule has 0 fully saturated rings. The molecule has 32 heavy (non-hydrogen) atoms. The Morgan fingerprint density at radius 1 is 1.22 bits per heavy atom. The lowest BCUT2D eigenvalue weighted by Gasteiger charge is -2.24. The van der Waals surface area contributed by atoms with Gasteiger partial charge in [-0.3, -0.25) is 4.79 Å². The van der Waals surface area contributed by atoms with Gasteiger partial charge < -0.3 is 24.3 Å². The smallest absolute Gasteiger partial charge is 0.258 e. The van der Waals surface area contributed by atoms with Gasteiger partial charge in [0.1, 0.15) is 5.75 Å². The fraction of sp³-hybridized carbons (Fsp3) is 0.320. The number of aromatic nitrogens is 2. The van der Waals surface area contributed by atoms with Crippen LogP contribution in [0.5, 0.6) is 5.75 Å². The normalized spacial score (nSPS) is 15.8. The van der Waals surface area contributed by atoms with Crippen LogP contribution in [0.2, 0.25) is 5.02 Å². The summed E-state index contributed by atoms with van der Waals surface area (Å²) in [7, 11) is 1.69. The number of nitrogens with one attached hydrogen (secondary N) is 2. The van der Waals surface area contributed by atoms with Crippen molar-refractivity contribution in [2.24, 2.45) is 0 Å². The van der Waals surface area contributed by atoms with E-state index in [1.54, 1.807) is 7.11 Å². The molecule has 166 valence electrons. The molecule has 6 nitrogen and oxygen atoms in total. The van der Waals surface area contributed by atoms with Crippen LogP contribution in [0.15, 0.2) is 48.7 Å². The van der Waals surface area contributed by atoms with Gasteiger partial charge in [-0.25, -0.2) is 0 Å². The summed E-state index contributed by atoms with van der Waals surface area (Å²) in [6.07, 6.45) is 4.91. The van der Waals surface area contributed by atoms with E-state index >= 15 is 0 Å². The van der Waals surface area contributed by atoms with Gasteiger partial charge in [-0.15, -0.1) is 0 Å². The molecule has 5 rings (SSSR count). The Labute approximate surface area is 191 Å². The quantitative estimate of drug-likeness (QED) is 0.415. The Balaban J connectivity index is 1.29. The largest absolute Gasteiger partial charge is 0.483 e. The molecule has 7 heteroatoms. The highest BCUT2D eigenvalue weighted by Gasteiger charge is 2.26. The molecule has 4 aromatic rings.